The van der Waals surface area contributed by atoms with E-state index in [-0.39, 0.29) is 29.2 Å². The number of carbonyl (C=O) groups excluding carboxylic acids is 1. The second-order valence-corrected chi connectivity index (χ2v) is 9.12. The Labute approximate surface area is 196 Å². The van der Waals surface area contributed by atoms with Gasteiger partial charge in [0.05, 0.1) is 30.0 Å². The first-order valence-electron chi connectivity index (χ1n) is 11.4. The van der Waals surface area contributed by atoms with Crippen LogP contribution >= 0.6 is 0 Å². The highest BCUT2D eigenvalue weighted by atomic mass is 16.5. The quantitative estimate of drug-likeness (QED) is 0.412. The van der Waals surface area contributed by atoms with Gasteiger partial charge in [0, 0.05) is 26.4 Å². The number of nitrogens with one attached hydrogen (secondary N) is 3. The highest BCUT2D eigenvalue weighted by Crippen LogP contribution is 2.35. The predicted molar refractivity (Wildman–Crippen MR) is 127 cm³/mol. The SMILES string of the molecule is CNc1cc(Nc2cccn([C@H]3CC[C@H]3O)c2=O)nc2c(C(=O)NC3CC[C@@]3(C)OC)cnn12. The first-order chi connectivity index (χ1) is 16.3. The van der Waals surface area contributed by atoms with Crippen molar-refractivity contribution in [1.82, 2.24) is 24.5 Å². The third-order valence-corrected chi connectivity index (χ3v) is 7.21. The van der Waals surface area contributed by atoms with Crippen LogP contribution in [0.25, 0.3) is 5.65 Å². The fraction of sp³-hybridized carbons (Fsp3) is 0.478. The van der Waals surface area contributed by atoms with Gasteiger partial charge in [-0.2, -0.15) is 9.61 Å². The number of amides is 1. The molecule has 4 N–H and O–H groups in total. The molecule has 34 heavy (non-hydrogen) atoms. The van der Waals surface area contributed by atoms with Crippen LogP contribution in [0.3, 0.4) is 0 Å². The number of hydrogen-bond acceptors (Lipinski definition) is 8. The Hall–Kier alpha value is -3.44. The van der Waals surface area contributed by atoms with Crippen molar-refractivity contribution < 1.29 is 14.6 Å². The van der Waals surface area contributed by atoms with Crippen molar-refractivity contribution >= 4 is 28.9 Å². The van der Waals surface area contributed by atoms with Gasteiger partial charge >= 0.3 is 0 Å². The highest BCUT2D eigenvalue weighted by Gasteiger charge is 2.44. The first-order valence-corrected chi connectivity index (χ1v) is 11.4. The number of ether oxygens (including phenoxy) is 1. The van der Waals surface area contributed by atoms with Crippen molar-refractivity contribution in [2.24, 2.45) is 0 Å². The Morgan fingerprint density at radius 3 is 2.76 bits per heavy atom. The maximum absolute atomic E-state index is 13.1. The zero-order valence-corrected chi connectivity index (χ0v) is 19.4. The zero-order chi connectivity index (χ0) is 24.0. The van der Waals surface area contributed by atoms with E-state index in [9.17, 15) is 14.7 Å². The second kappa shape index (κ2) is 8.41. The van der Waals surface area contributed by atoms with Crippen LogP contribution in [-0.4, -0.2) is 62.1 Å². The number of methoxy groups -OCH3 is 1. The molecule has 2 saturated carbocycles. The lowest BCUT2D eigenvalue weighted by atomic mass is 9.76. The minimum absolute atomic E-state index is 0.0883. The van der Waals surface area contributed by atoms with Crippen molar-refractivity contribution in [2.75, 3.05) is 24.8 Å². The molecule has 2 aliphatic rings. The number of aliphatic hydroxyl groups excluding tert-OH is 1. The number of aliphatic hydroxyl groups is 1. The molecular weight excluding hydrogens is 438 g/mol. The molecule has 3 aromatic heterocycles. The van der Waals surface area contributed by atoms with Crippen LogP contribution in [0, 0.1) is 0 Å². The molecule has 4 atom stereocenters. The van der Waals surface area contributed by atoms with E-state index in [1.165, 1.54) is 6.20 Å². The molecule has 0 spiro atoms. The molecule has 0 aromatic carbocycles. The summed E-state index contributed by atoms with van der Waals surface area (Å²) in [5.41, 5.74) is 0.394. The Bertz CT molecular complexity index is 1300. The van der Waals surface area contributed by atoms with E-state index in [4.69, 9.17) is 4.74 Å². The maximum atomic E-state index is 13.1. The number of hydrogen-bond donors (Lipinski definition) is 4. The third-order valence-electron chi connectivity index (χ3n) is 7.21. The predicted octanol–water partition coefficient (Wildman–Crippen LogP) is 1.67. The van der Waals surface area contributed by atoms with Gasteiger partial charge in [0.1, 0.15) is 22.9 Å². The van der Waals surface area contributed by atoms with Crippen LogP contribution in [0.5, 0.6) is 0 Å². The van der Waals surface area contributed by atoms with Crippen LogP contribution in [0.1, 0.15) is 49.0 Å². The minimum Gasteiger partial charge on any atom is -0.391 e. The molecular formula is C23H29N7O4. The summed E-state index contributed by atoms with van der Waals surface area (Å²) in [5, 5.41) is 23.5. The average molecular weight is 468 g/mol. The van der Waals surface area contributed by atoms with Crippen LogP contribution < -0.4 is 21.5 Å². The molecule has 0 saturated heterocycles. The molecule has 1 amide bonds. The summed E-state index contributed by atoms with van der Waals surface area (Å²) in [5.74, 6) is 0.707. The van der Waals surface area contributed by atoms with Gasteiger partial charge in [-0.1, -0.05) is 0 Å². The fourth-order valence-electron chi connectivity index (χ4n) is 4.56. The summed E-state index contributed by atoms with van der Waals surface area (Å²) in [6.07, 6.45) is 5.83. The van der Waals surface area contributed by atoms with Gasteiger partial charge in [-0.05, 0) is 44.7 Å². The summed E-state index contributed by atoms with van der Waals surface area (Å²) < 4.78 is 8.65. The number of nitrogens with zero attached hydrogens (tertiary/aromatic N) is 4. The molecule has 0 aliphatic heterocycles. The maximum Gasteiger partial charge on any atom is 0.274 e. The van der Waals surface area contributed by atoms with E-state index in [2.05, 4.69) is 26.0 Å². The number of aromatic nitrogens is 4. The molecule has 11 heteroatoms. The molecule has 180 valence electrons. The number of rotatable bonds is 7. The topological polar surface area (TPSA) is 135 Å². The summed E-state index contributed by atoms with van der Waals surface area (Å²) in [7, 11) is 3.39. The minimum atomic E-state index is -0.512. The van der Waals surface area contributed by atoms with Crippen LogP contribution in [0.2, 0.25) is 0 Å². The number of pyridine rings is 1. The standard InChI is InChI=1S/C23H29N7O4/c1-23(34-3)9-8-17(23)27-21(32)13-12-25-30-19(24-2)11-18(28-20(13)30)26-14-5-4-10-29(22(14)33)15-6-7-16(15)31/h4-5,10-12,15-17,24,31H,6-9H2,1-3H3,(H,26,28)(H,27,32)/t15-,16+,17?,23+/m0/s1. The lowest BCUT2D eigenvalue weighted by molar-refractivity contribution is -0.0828. The number of anilines is 3. The van der Waals surface area contributed by atoms with E-state index in [0.717, 1.165) is 19.3 Å². The molecule has 2 fully saturated rings. The van der Waals surface area contributed by atoms with E-state index < -0.39 is 6.10 Å². The Kier molecular flexibility index (Phi) is 5.53. The van der Waals surface area contributed by atoms with E-state index in [1.807, 2.05) is 6.92 Å². The Balaban J connectivity index is 1.46. The van der Waals surface area contributed by atoms with E-state index in [1.54, 1.807) is 47.6 Å². The number of fused-ring (bicyclic) bond motifs is 1. The van der Waals surface area contributed by atoms with Gasteiger partial charge in [0.2, 0.25) is 0 Å². The highest BCUT2D eigenvalue weighted by molar-refractivity contribution is 6.00. The third kappa shape index (κ3) is 3.61. The average Bonchev–Trinajstić information content (AvgIpc) is 3.26. The largest absolute Gasteiger partial charge is 0.391 e. The molecule has 3 aromatic rings. The molecule has 1 unspecified atom stereocenters. The van der Waals surface area contributed by atoms with Crippen molar-refractivity contribution in [3.63, 3.8) is 0 Å². The van der Waals surface area contributed by atoms with Crippen molar-refractivity contribution in [2.45, 2.75) is 56.4 Å². The molecule has 3 heterocycles. The van der Waals surface area contributed by atoms with Crippen LogP contribution in [0.4, 0.5) is 17.3 Å². The lowest BCUT2D eigenvalue weighted by Gasteiger charge is -2.45. The summed E-state index contributed by atoms with van der Waals surface area (Å²) in [4.78, 5) is 30.7. The molecule has 2 aliphatic carbocycles. The fourth-order valence-corrected chi connectivity index (χ4v) is 4.56. The molecule has 0 radical (unpaired) electrons. The van der Waals surface area contributed by atoms with Gasteiger partial charge in [-0.3, -0.25) is 9.59 Å². The van der Waals surface area contributed by atoms with Gasteiger partial charge in [0.25, 0.3) is 11.5 Å². The second-order valence-electron chi connectivity index (χ2n) is 9.12. The van der Waals surface area contributed by atoms with Crippen molar-refractivity contribution in [3.05, 3.63) is 46.5 Å². The first kappa shape index (κ1) is 22.4. The van der Waals surface area contributed by atoms with Gasteiger partial charge in [-0.25, -0.2) is 4.98 Å². The zero-order valence-electron chi connectivity index (χ0n) is 19.4. The summed E-state index contributed by atoms with van der Waals surface area (Å²) in [6, 6.07) is 4.84. The lowest BCUT2D eigenvalue weighted by Crippen LogP contribution is -2.59. The van der Waals surface area contributed by atoms with Crippen LogP contribution in [0.15, 0.2) is 35.4 Å². The monoisotopic (exact) mass is 467 g/mol. The van der Waals surface area contributed by atoms with Gasteiger partial charge < -0.3 is 30.4 Å². The Morgan fingerprint density at radius 1 is 1.32 bits per heavy atom. The molecule has 11 nitrogen and oxygen atoms in total. The van der Waals surface area contributed by atoms with Gasteiger partial charge in [0.15, 0.2) is 5.65 Å². The van der Waals surface area contributed by atoms with E-state index in [0.29, 0.717) is 35.0 Å². The van der Waals surface area contributed by atoms with Crippen molar-refractivity contribution in [3.8, 4) is 0 Å². The molecule has 5 rings (SSSR count). The smallest absolute Gasteiger partial charge is 0.274 e. The summed E-state index contributed by atoms with van der Waals surface area (Å²) in [6.45, 7) is 1.98. The molecule has 0 bridgehead atoms. The van der Waals surface area contributed by atoms with Crippen LogP contribution in [-0.2, 0) is 4.74 Å². The number of carbonyl (C=O) groups is 1. The van der Waals surface area contributed by atoms with Gasteiger partial charge in [-0.15, -0.1) is 0 Å². The van der Waals surface area contributed by atoms with Crippen molar-refractivity contribution in [1.29, 1.82) is 0 Å². The Morgan fingerprint density at radius 2 is 2.15 bits per heavy atom. The van der Waals surface area contributed by atoms with E-state index >= 15 is 0 Å². The normalized spacial score (nSPS) is 25.9. The summed E-state index contributed by atoms with van der Waals surface area (Å²) >= 11 is 0.